The second-order valence-corrected chi connectivity index (χ2v) is 14.1. The molecule has 1 saturated carbocycles. The summed E-state index contributed by atoms with van der Waals surface area (Å²) in [5, 5.41) is 24.0. The second-order valence-electron chi connectivity index (χ2n) is 14.1. The number of aromatic hydroxyl groups is 1. The quantitative estimate of drug-likeness (QED) is 0.278. The standard InChI is InChI=1S/C38H41F3N2O4/c1-24(2)23-43(32(45)15-10-26-8-12-28(13-9-26)38(39,40)41)29-16-18-37(46)31-22-27-11-14-30(44)34-33(27)36(37,35(29)47-34)19-21-42(31)20-17-25-6-4-3-5-7-25/h3-15,24,29,31,35,44,46H,16-23H2,1-2H3/t29?,31-,35?,36+,37-/m1/s1. The molecule has 0 aromatic heterocycles. The first-order chi connectivity index (χ1) is 22.4. The Hall–Kier alpha value is -3.82. The fourth-order valence-corrected chi connectivity index (χ4v) is 8.94. The average Bonchev–Trinajstić information content (AvgIpc) is 3.40. The number of hydrogen-bond donors (Lipinski definition) is 2. The van der Waals surface area contributed by atoms with Crippen LogP contribution in [0.15, 0.2) is 72.8 Å². The molecule has 1 spiro atoms. The molecule has 2 aliphatic carbocycles. The van der Waals surface area contributed by atoms with Crippen molar-refractivity contribution in [1.82, 2.24) is 9.80 Å². The van der Waals surface area contributed by atoms with Crippen LogP contribution in [-0.2, 0) is 29.2 Å². The number of alkyl halides is 3. The molecule has 7 rings (SSSR count). The van der Waals surface area contributed by atoms with Crippen LogP contribution in [0.3, 0.4) is 0 Å². The lowest BCUT2D eigenvalue weighted by Gasteiger charge is -2.65. The number of carbonyl (C=O) groups is 1. The number of phenols is 1. The third kappa shape index (κ3) is 5.22. The van der Waals surface area contributed by atoms with Crippen LogP contribution >= 0.6 is 0 Å². The number of ether oxygens (including phenoxy) is 1. The van der Waals surface area contributed by atoms with Gasteiger partial charge < -0.3 is 19.8 Å². The highest BCUT2D eigenvalue weighted by atomic mass is 19.4. The zero-order chi connectivity index (χ0) is 33.1. The number of piperidine rings is 1. The van der Waals surface area contributed by atoms with E-state index >= 15 is 0 Å². The highest BCUT2D eigenvalue weighted by Crippen LogP contribution is 2.66. The molecule has 9 heteroatoms. The fraction of sp³-hybridized carbons (Fsp3) is 0.447. The van der Waals surface area contributed by atoms with Crippen molar-refractivity contribution in [3.05, 3.63) is 101 Å². The minimum Gasteiger partial charge on any atom is -0.504 e. The molecule has 1 saturated heterocycles. The van der Waals surface area contributed by atoms with E-state index in [1.54, 1.807) is 12.1 Å². The van der Waals surface area contributed by atoms with Crippen LogP contribution in [0.1, 0.15) is 60.9 Å². The summed E-state index contributed by atoms with van der Waals surface area (Å²) in [5.74, 6) is 0.333. The van der Waals surface area contributed by atoms with E-state index in [9.17, 15) is 28.2 Å². The van der Waals surface area contributed by atoms with Gasteiger partial charge in [-0.1, -0.05) is 62.4 Å². The van der Waals surface area contributed by atoms with Gasteiger partial charge in [-0.05, 0) is 85.5 Å². The molecule has 1 amide bonds. The van der Waals surface area contributed by atoms with Crippen molar-refractivity contribution in [3.63, 3.8) is 0 Å². The molecule has 2 bridgehead atoms. The predicted octanol–water partition coefficient (Wildman–Crippen LogP) is 6.37. The number of nitrogens with zero attached hydrogens (tertiary/aromatic N) is 2. The first kappa shape index (κ1) is 31.8. The van der Waals surface area contributed by atoms with Gasteiger partial charge in [0.2, 0.25) is 5.91 Å². The summed E-state index contributed by atoms with van der Waals surface area (Å²) < 4.78 is 45.9. The van der Waals surface area contributed by atoms with E-state index < -0.39 is 28.9 Å². The van der Waals surface area contributed by atoms with Crippen molar-refractivity contribution in [2.24, 2.45) is 5.92 Å². The summed E-state index contributed by atoms with van der Waals surface area (Å²) in [4.78, 5) is 18.2. The highest BCUT2D eigenvalue weighted by molar-refractivity contribution is 5.92. The van der Waals surface area contributed by atoms with Crippen molar-refractivity contribution in [1.29, 1.82) is 0 Å². The topological polar surface area (TPSA) is 73.2 Å². The van der Waals surface area contributed by atoms with Gasteiger partial charge in [0.05, 0.1) is 22.6 Å². The minimum atomic E-state index is -4.43. The first-order valence-corrected chi connectivity index (χ1v) is 16.6. The SMILES string of the molecule is CC(C)CN(C(=O)C=Cc1ccc(C(F)(F)F)cc1)C1CC[C@@]2(O)[C@H]3Cc4ccc(O)c5c4[C@@]2(CCN3CCc2ccccc2)C1O5. The van der Waals surface area contributed by atoms with E-state index in [0.29, 0.717) is 43.5 Å². The monoisotopic (exact) mass is 646 g/mol. The molecule has 2 aliphatic heterocycles. The number of aliphatic hydroxyl groups is 1. The Bertz CT molecular complexity index is 1670. The summed E-state index contributed by atoms with van der Waals surface area (Å²) >= 11 is 0. The smallest absolute Gasteiger partial charge is 0.416 e. The molecule has 2 unspecified atom stereocenters. The third-order valence-electron chi connectivity index (χ3n) is 11.0. The van der Waals surface area contributed by atoms with Crippen molar-refractivity contribution >= 4 is 12.0 Å². The van der Waals surface area contributed by atoms with Crippen LogP contribution in [0.2, 0.25) is 0 Å². The second kappa shape index (κ2) is 11.7. The van der Waals surface area contributed by atoms with Crippen LogP contribution in [0, 0.1) is 5.92 Å². The van der Waals surface area contributed by atoms with Crippen LogP contribution in [0.4, 0.5) is 13.2 Å². The van der Waals surface area contributed by atoms with Crippen molar-refractivity contribution in [2.75, 3.05) is 19.6 Å². The lowest BCUT2D eigenvalue weighted by molar-refractivity contribution is -0.201. The van der Waals surface area contributed by atoms with Crippen molar-refractivity contribution < 1.29 is 32.9 Å². The number of rotatable bonds is 8. The molecule has 2 heterocycles. The summed E-state index contributed by atoms with van der Waals surface area (Å²) in [6.07, 6.45) is 1.12. The molecule has 248 valence electrons. The number of hydrogen-bond acceptors (Lipinski definition) is 5. The normalized spacial score (nSPS) is 27.9. The molecule has 2 N–H and O–H groups in total. The number of carbonyl (C=O) groups excluding carboxylic acids is 1. The summed E-state index contributed by atoms with van der Waals surface area (Å²) in [7, 11) is 0. The maximum atomic E-state index is 14.0. The van der Waals surface area contributed by atoms with Gasteiger partial charge in [0, 0.05) is 30.8 Å². The van der Waals surface area contributed by atoms with Crippen LogP contribution in [0.25, 0.3) is 6.08 Å². The molecule has 3 aromatic rings. The van der Waals surface area contributed by atoms with Gasteiger partial charge in [0.25, 0.3) is 0 Å². The van der Waals surface area contributed by atoms with E-state index in [4.69, 9.17) is 4.74 Å². The molecule has 3 aromatic carbocycles. The molecule has 5 atom stereocenters. The zero-order valence-electron chi connectivity index (χ0n) is 26.7. The first-order valence-electron chi connectivity index (χ1n) is 16.6. The number of likely N-dealkylation sites (tertiary alicyclic amines) is 1. The molecule has 0 radical (unpaired) electrons. The Morgan fingerprint density at radius 2 is 1.83 bits per heavy atom. The highest BCUT2D eigenvalue weighted by Gasteiger charge is 2.73. The molecule has 47 heavy (non-hydrogen) atoms. The van der Waals surface area contributed by atoms with Crippen LogP contribution < -0.4 is 4.74 Å². The summed E-state index contributed by atoms with van der Waals surface area (Å²) in [5.41, 5.74) is 1.06. The number of benzene rings is 3. The zero-order valence-corrected chi connectivity index (χ0v) is 26.7. The van der Waals surface area contributed by atoms with E-state index in [1.807, 2.05) is 43.0 Å². The predicted molar refractivity (Wildman–Crippen MR) is 173 cm³/mol. The third-order valence-corrected chi connectivity index (χ3v) is 11.0. The largest absolute Gasteiger partial charge is 0.504 e. The average molecular weight is 647 g/mol. The lowest BCUT2D eigenvalue weighted by atomic mass is 9.48. The van der Waals surface area contributed by atoms with Gasteiger partial charge in [-0.15, -0.1) is 0 Å². The van der Waals surface area contributed by atoms with Gasteiger partial charge in [-0.25, -0.2) is 0 Å². The number of halogens is 3. The fourth-order valence-electron chi connectivity index (χ4n) is 8.94. The van der Waals surface area contributed by atoms with Gasteiger partial charge >= 0.3 is 6.18 Å². The van der Waals surface area contributed by atoms with E-state index in [1.165, 1.54) is 23.8 Å². The minimum absolute atomic E-state index is 0.0440. The number of amides is 1. The number of phenolic OH excluding ortho intramolecular Hbond substituents is 1. The lowest BCUT2D eigenvalue weighted by Crippen LogP contribution is -2.78. The Balaban J connectivity index is 1.21. The van der Waals surface area contributed by atoms with Gasteiger partial charge in [0.15, 0.2) is 11.5 Å². The molecular weight excluding hydrogens is 605 g/mol. The van der Waals surface area contributed by atoms with Crippen LogP contribution in [0.5, 0.6) is 11.5 Å². The molecule has 6 nitrogen and oxygen atoms in total. The van der Waals surface area contributed by atoms with E-state index in [2.05, 4.69) is 17.0 Å². The summed E-state index contributed by atoms with van der Waals surface area (Å²) in [6.45, 7) is 6.08. The van der Waals surface area contributed by atoms with Gasteiger partial charge in [0.1, 0.15) is 6.10 Å². The van der Waals surface area contributed by atoms with Crippen molar-refractivity contribution in [2.45, 2.75) is 81.3 Å². The van der Waals surface area contributed by atoms with E-state index in [-0.39, 0.29) is 29.7 Å². The van der Waals surface area contributed by atoms with Gasteiger partial charge in [-0.2, -0.15) is 13.2 Å². The molecular formula is C38H41F3N2O4. The van der Waals surface area contributed by atoms with Crippen molar-refractivity contribution in [3.8, 4) is 11.5 Å². The Labute approximate surface area is 273 Å². The van der Waals surface area contributed by atoms with E-state index in [0.717, 1.165) is 42.8 Å². The summed E-state index contributed by atoms with van der Waals surface area (Å²) in [6, 6.07) is 18.2. The Kier molecular flexibility index (Phi) is 7.91. The Morgan fingerprint density at radius 1 is 1.09 bits per heavy atom. The maximum Gasteiger partial charge on any atom is 0.416 e. The Morgan fingerprint density at radius 3 is 2.53 bits per heavy atom. The van der Waals surface area contributed by atoms with Gasteiger partial charge in [-0.3, -0.25) is 9.69 Å². The maximum absolute atomic E-state index is 14.0. The van der Waals surface area contributed by atoms with Crippen LogP contribution in [-0.4, -0.2) is 69.3 Å². The molecule has 2 fully saturated rings. The molecule has 4 aliphatic rings.